The number of benzene rings is 1. The Morgan fingerprint density at radius 2 is 2.04 bits per heavy atom. The molecule has 2 aromatic heterocycles. The van der Waals surface area contributed by atoms with Gasteiger partial charge >= 0.3 is 6.18 Å². The molecule has 1 amide bonds. The Labute approximate surface area is 141 Å². The molecule has 0 spiro atoms. The molecule has 0 fully saturated rings. The zero-order valence-electron chi connectivity index (χ0n) is 12.9. The summed E-state index contributed by atoms with van der Waals surface area (Å²) >= 11 is 0. The fourth-order valence-corrected chi connectivity index (χ4v) is 2.21. The first-order valence-corrected chi connectivity index (χ1v) is 7.32. The summed E-state index contributed by atoms with van der Waals surface area (Å²) in [6.07, 6.45) is 1.90. The topological polar surface area (TPSA) is 59.8 Å². The van der Waals surface area contributed by atoms with Crippen LogP contribution >= 0.6 is 0 Å². The largest absolute Gasteiger partial charge is 0.416 e. The number of amides is 1. The van der Waals surface area contributed by atoms with Crippen LogP contribution in [0.15, 0.2) is 61.3 Å². The van der Waals surface area contributed by atoms with Crippen molar-refractivity contribution in [2.24, 2.45) is 0 Å². The van der Waals surface area contributed by atoms with Crippen molar-refractivity contribution in [3.05, 3.63) is 78.0 Å². The van der Waals surface area contributed by atoms with Gasteiger partial charge in [0.1, 0.15) is 12.1 Å². The molecule has 2 heterocycles. The minimum atomic E-state index is -4.41. The smallest absolute Gasteiger partial charge is 0.348 e. The second-order valence-electron chi connectivity index (χ2n) is 5.26. The lowest BCUT2D eigenvalue weighted by molar-refractivity contribution is -0.137. The van der Waals surface area contributed by atoms with Gasteiger partial charge in [-0.3, -0.25) is 9.36 Å². The van der Waals surface area contributed by atoms with Crippen molar-refractivity contribution in [2.75, 3.05) is 0 Å². The summed E-state index contributed by atoms with van der Waals surface area (Å²) in [5.41, 5.74) is -0.0624. The van der Waals surface area contributed by atoms with E-state index in [2.05, 4.69) is 15.3 Å². The number of halogens is 3. The standard InChI is InChI=1S/C17H13F3N4O/c18-17(19,20)14-3-1-2-12(8-14)9-23-16(25)13-4-5-15(22-10-13)24-7-6-21-11-24/h1-8,10-11H,9H2,(H,23,25). The van der Waals surface area contributed by atoms with Crippen LogP contribution in [0.2, 0.25) is 0 Å². The van der Waals surface area contributed by atoms with Gasteiger partial charge in [-0.1, -0.05) is 12.1 Å². The van der Waals surface area contributed by atoms with E-state index in [4.69, 9.17) is 0 Å². The van der Waals surface area contributed by atoms with Gasteiger partial charge in [-0.05, 0) is 29.8 Å². The van der Waals surface area contributed by atoms with E-state index in [0.717, 1.165) is 12.1 Å². The zero-order valence-corrected chi connectivity index (χ0v) is 12.9. The summed E-state index contributed by atoms with van der Waals surface area (Å²) in [6, 6.07) is 8.08. The molecule has 25 heavy (non-hydrogen) atoms. The number of aromatic nitrogens is 3. The van der Waals surface area contributed by atoms with Crippen LogP contribution in [0.25, 0.3) is 5.82 Å². The van der Waals surface area contributed by atoms with Crippen LogP contribution in [-0.2, 0) is 12.7 Å². The van der Waals surface area contributed by atoms with E-state index in [9.17, 15) is 18.0 Å². The first-order chi connectivity index (χ1) is 11.9. The molecule has 1 aromatic carbocycles. The van der Waals surface area contributed by atoms with Crippen molar-refractivity contribution < 1.29 is 18.0 Å². The number of hydrogen-bond acceptors (Lipinski definition) is 3. The summed E-state index contributed by atoms with van der Waals surface area (Å²) in [6.45, 7) is -0.00791. The highest BCUT2D eigenvalue weighted by Gasteiger charge is 2.30. The molecular formula is C17H13F3N4O. The molecule has 8 heteroatoms. The molecule has 0 saturated carbocycles. The van der Waals surface area contributed by atoms with E-state index in [1.165, 1.54) is 18.3 Å². The van der Waals surface area contributed by atoms with Crippen molar-refractivity contribution in [1.82, 2.24) is 19.9 Å². The average molecular weight is 346 g/mol. The molecule has 0 aliphatic carbocycles. The number of nitrogens with one attached hydrogen (secondary N) is 1. The second kappa shape index (κ2) is 6.76. The van der Waals surface area contributed by atoms with Gasteiger partial charge < -0.3 is 5.32 Å². The summed E-state index contributed by atoms with van der Waals surface area (Å²) in [5.74, 6) is 0.189. The van der Waals surface area contributed by atoms with Gasteiger partial charge in [-0.15, -0.1) is 0 Å². The third-order valence-corrected chi connectivity index (χ3v) is 3.49. The van der Waals surface area contributed by atoms with Gasteiger partial charge in [-0.25, -0.2) is 9.97 Å². The third-order valence-electron chi connectivity index (χ3n) is 3.49. The number of pyridine rings is 1. The van der Waals surface area contributed by atoms with E-state index >= 15 is 0 Å². The number of hydrogen-bond donors (Lipinski definition) is 1. The van der Waals surface area contributed by atoms with Crippen LogP contribution < -0.4 is 5.32 Å². The normalized spacial score (nSPS) is 11.3. The Kier molecular flexibility index (Phi) is 4.51. The molecule has 3 rings (SSSR count). The Balaban J connectivity index is 1.65. The molecule has 0 radical (unpaired) electrons. The van der Waals surface area contributed by atoms with Crippen LogP contribution in [0.5, 0.6) is 0 Å². The number of nitrogens with zero attached hydrogens (tertiary/aromatic N) is 3. The van der Waals surface area contributed by atoms with Crippen LogP contribution in [-0.4, -0.2) is 20.4 Å². The second-order valence-corrected chi connectivity index (χ2v) is 5.26. The molecule has 0 bridgehead atoms. The van der Waals surface area contributed by atoms with E-state index in [-0.39, 0.29) is 6.54 Å². The maximum Gasteiger partial charge on any atom is 0.416 e. The predicted octanol–water partition coefficient (Wildman–Crippen LogP) is 3.22. The molecule has 0 saturated heterocycles. The van der Waals surface area contributed by atoms with Gasteiger partial charge in [-0.2, -0.15) is 13.2 Å². The predicted molar refractivity (Wildman–Crippen MR) is 84.0 cm³/mol. The molecular weight excluding hydrogens is 333 g/mol. The Hall–Kier alpha value is -3.16. The Bertz CT molecular complexity index is 858. The molecule has 0 unspecified atom stereocenters. The van der Waals surface area contributed by atoms with E-state index in [0.29, 0.717) is 16.9 Å². The number of rotatable bonds is 4. The van der Waals surface area contributed by atoms with Crippen molar-refractivity contribution in [3.63, 3.8) is 0 Å². The van der Waals surface area contributed by atoms with Gasteiger partial charge in [0.15, 0.2) is 0 Å². The molecule has 5 nitrogen and oxygen atoms in total. The van der Waals surface area contributed by atoms with Crippen molar-refractivity contribution >= 4 is 5.91 Å². The highest BCUT2D eigenvalue weighted by atomic mass is 19.4. The molecule has 128 valence electrons. The summed E-state index contributed by atoms with van der Waals surface area (Å²) in [4.78, 5) is 20.2. The van der Waals surface area contributed by atoms with Crippen LogP contribution in [0.1, 0.15) is 21.5 Å². The minimum absolute atomic E-state index is 0.00791. The van der Waals surface area contributed by atoms with E-state index in [1.807, 2.05) is 0 Å². The number of imidazole rings is 1. The number of carbonyl (C=O) groups excluding carboxylic acids is 1. The van der Waals surface area contributed by atoms with Crippen LogP contribution in [0, 0.1) is 0 Å². The van der Waals surface area contributed by atoms with Gasteiger partial charge in [0.05, 0.1) is 11.1 Å². The minimum Gasteiger partial charge on any atom is -0.348 e. The molecule has 3 aromatic rings. The fourth-order valence-electron chi connectivity index (χ4n) is 2.21. The molecule has 0 aliphatic rings. The highest BCUT2D eigenvalue weighted by Crippen LogP contribution is 2.29. The van der Waals surface area contributed by atoms with Crippen molar-refractivity contribution in [2.45, 2.75) is 12.7 Å². The number of carbonyl (C=O) groups is 1. The van der Waals surface area contributed by atoms with Gasteiger partial charge in [0, 0.05) is 25.1 Å². The lowest BCUT2D eigenvalue weighted by Gasteiger charge is -2.10. The maximum atomic E-state index is 12.7. The van der Waals surface area contributed by atoms with Crippen LogP contribution in [0.4, 0.5) is 13.2 Å². The molecule has 0 aliphatic heterocycles. The van der Waals surface area contributed by atoms with Crippen molar-refractivity contribution in [3.8, 4) is 5.82 Å². The first kappa shape index (κ1) is 16.7. The van der Waals surface area contributed by atoms with Crippen molar-refractivity contribution in [1.29, 1.82) is 0 Å². The van der Waals surface area contributed by atoms with Gasteiger partial charge in [0.2, 0.25) is 0 Å². The Morgan fingerprint density at radius 1 is 1.20 bits per heavy atom. The fraction of sp³-hybridized carbons (Fsp3) is 0.118. The highest BCUT2D eigenvalue weighted by molar-refractivity contribution is 5.93. The lowest BCUT2D eigenvalue weighted by atomic mass is 10.1. The SMILES string of the molecule is O=C(NCc1cccc(C(F)(F)F)c1)c1ccc(-n2ccnc2)nc1. The Morgan fingerprint density at radius 3 is 2.68 bits per heavy atom. The first-order valence-electron chi connectivity index (χ1n) is 7.32. The van der Waals surface area contributed by atoms with E-state index in [1.54, 1.807) is 35.4 Å². The summed E-state index contributed by atoms with van der Waals surface area (Å²) in [5, 5.41) is 2.58. The average Bonchev–Trinajstić information content (AvgIpc) is 3.14. The number of alkyl halides is 3. The quantitative estimate of drug-likeness (QED) is 0.789. The third kappa shape index (κ3) is 4.03. The van der Waals surface area contributed by atoms with Crippen LogP contribution in [0.3, 0.4) is 0 Å². The monoisotopic (exact) mass is 346 g/mol. The molecule has 0 atom stereocenters. The summed E-state index contributed by atoms with van der Waals surface area (Å²) < 4.78 is 39.7. The summed E-state index contributed by atoms with van der Waals surface area (Å²) in [7, 11) is 0. The lowest BCUT2D eigenvalue weighted by Crippen LogP contribution is -2.23. The maximum absolute atomic E-state index is 12.7. The zero-order chi connectivity index (χ0) is 17.9. The molecule has 1 N–H and O–H groups in total. The van der Waals surface area contributed by atoms with E-state index < -0.39 is 17.6 Å². The van der Waals surface area contributed by atoms with Gasteiger partial charge in [0.25, 0.3) is 5.91 Å².